The molecule has 0 saturated heterocycles. The van der Waals surface area contributed by atoms with Crippen LogP contribution in [-0.4, -0.2) is 16.7 Å². The van der Waals surface area contributed by atoms with Gasteiger partial charge in [0.05, 0.1) is 12.8 Å². The van der Waals surface area contributed by atoms with Gasteiger partial charge < -0.3 is 9.84 Å². The first-order valence-corrected chi connectivity index (χ1v) is 6.90. The van der Waals surface area contributed by atoms with Crippen molar-refractivity contribution < 1.29 is 14.2 Å². The summed E-state index contributed by atoms with van der Waals surface area (Å²) >= 11 is 2.00. The van der Waals surface area contributed by atoms with Gasteiger partial charge in [-0.05, 0) is 53.3 Å². The molecule has 5 heteroatoms. The Labute approximate surface area is 124 Å². The van der Waals surface area contributed by atoms with Gasteiger partial charge in [0.25, 0.3) is 0 Å². The number of aliphatic hydroxyl groups is 1. The highest BCUT2D eigenvalue weighted by Crippen LogP contribution is 2.28. The first-order chi connectivity index (χ1) is 9.11. The lowest BCUT2D eigenvalue weighted by Crippen LogP contribution is -2.04. The van der Waals surface area contributed by atoms with Crippen molar-refractivity contribution in [2.75, 3.05) is 6.61 Å². The third-order valence-electron chi connectivity index (χ3n) is 2.62. The molecule has 2 rings (SSSR count). The van der Waals surface area contributed by atoms with E-state index in [1.807, 2.05) is 29.5 Å². The Kier molecular flexibility index (Phi) is 4.71. The molecule has 0 bridgehead atoms. The molecule has 0 spiro atoms. The van der Waals surface area contributed by atoms with Crippen molar-refractivity contribution in [2.45, 2.75) is 13.0 Å². The van der Waals surface area contributed by atoms with E-state index in [1.54, 1.807) is 24.5 Å². The third kappa shape index (κ3) is 3.42. The fourth-order valence-corrected chi connectivity index (χ4v) is 2.51. The van der Waals surface area contributed by atoms with Crippen LogP contribution in [-0.2, 0) is 0 Å². The number of halogens is 2. The van der Waals surface area contributed by atoms with E-state index in [-0.39, 0.29) is 5.82 Å². The molecule has 0 aliphatic rings. The molecule has 1 aromatic heterocycles. The molecular weight excluding hydrogens is 360 g/mol. The summed E-state index contributed by atoms with van der Waals surface area (Å²) < 4.78 is 19.1. The average Bonchev–Trinajstić information content (AvgIpc) is 2.39. The number of hydrogen-bond donors (Lipinski definition) is 1. The Balaban J connectivity index is 2.32. The van der Waals surface area contributed by atoms with Crippen LogP contribution < -0.4 is 4.74 Å². The number of rotatable bonds is 4. The summed E-state index contributed by atoms with van der Waals surface area (Å²) in [5, 5.41) is 10.3. The van der Waals surface area contributed by atoms with Gasteiger partial charge in [-0.25, -0.2) is 4.39 Å². The quantitative estimate of drug-likeness (QED) is 0.837. The zero-order valence-corrected chi connectivity index (χ0v) is 12.5. The molecule has 100 valence electrons. The SMILES string of the molecule is CCOc1cncc(C(O)c2ccc(F)cc2I)c1. The topological polar surface area (TPSA) is 42.4 Å². The van der Waals surface area contributed by atoms with Crippen LogP contribution in [0.3, 0.4) is 0 Å². The molecule has 0 amide bonds. The molecule has 1 aromatic carbocycles. The lowest BCUT2D eigenvalue weighted by Gasteiger charge is -2.14. The van der Waals surface area contributed by atoms with Crippen LogP contribution in [0.2, 0.25) is 0 Å². The van der Waals surface area contributed by atoms with Gasteiger partial charge in [-0.15, -0.1) is 0 Å². The van der Waals surface area contributed by atoms with E-state index in [4.69, 9.17) is 4.74 Å². The molecule has 2 aromatic rings. The predicted octanol–water partition coefficient (Wildman–Crippen LogP) is 3.31. The fourth-order valence-electron chi connectivity index (χ4n) is 1.73. The average molecular weight is 373 g/mol. The maximum atomic E-state index is 13.1. The van der Waals surface area contributed by atoms with Gasteiger partial charge in [0.15, 0.2) is 0 Å². The molecule has 0 radical (unpaired) electrons. The third-order valence-corrected chi connectivity index (χ3v) is 3.55. The Morgan fingerprint density at radius 3 is 2.84 bits per heavy atom. The molecule has 1 N–H and O–H groups in total. The van der Waals surface area contributed by atoms with Gasteiger partial charge in [-0.1, -0.05) is 6.07 Å². The maximum absolute atomic E-state index is 13.1. The first kappa shape index (κ1) is 14.2. The Morgan fingerprint density at radius 1 is 1.37 bits per heavy atom. The monoisotopic (exact) mass is 373 g/mol. The summed E-state index contributed by atoms with van der Waals surface area (Å²) in [6.45, 7) is 2.42. The van der Waals surface area contributed by atoms with Gasteiger partial charge in [-0.2, -0.15) is 0 Å². The highest BCUT2D eigenvalue weighted by atomic mass is 127. The minimum absolute atomic E-state index is 0.318. The highest BCUT2D eigenvalue weighted by molar-refractivity contribution is 14.1. The lowest BCUT2D eigenvalue weighted by molar-refractivity contribution is 0.218. The molecule has 0 saturated carbocycles. The Bertz CT molecular complexity index is 577. The maximum Gasteiger partial charge on any atom is 0.137 e. The molecule has 1 heterocycles. The normalized spacial score (nSPS) is 12.2. The van der Waals surface area contributed by atoms with Crippen LogP contribution in [0.5, 0.6) is 5.75 Å². The molecular formula is C14H13FINO2. The van der Waals surface area contributed by atoms with E-state index in [0.717, 1.165) is 0 Å². The van der Waals surface area contributed by atoms with Crippen molar-refractivity contribution in [1.82, 2.24) is 4.98 Å². The highest BCUT2D eigenvalue weighted by Gasteiger charge is 2.15. The number of ether oxygens (including phenoxy) is 1. The fraction of sp³-hybridized carbons (Fsp3) is 0.214. The summed E-state index contributed by atoms with van der Waals surface area (Å²) in [4.78, 5) is 4.04. The standard InChI is InChI=1S/C14H13FINO2/c1-2-19-11-5-9(7-17-8-11)14(18)12-4-3-10(15)6-13(12)16/h3-8,14,18H,2H2,1H3. The van der Waals surface area contributed by atoms with E-state index in [2.05, 4.69) is 4.98 Å². The number of hydrogen-bond acceptors (Lipinski definition) is 3. The summed E-state index contributed by atoms with van der Waals surface area (Å²) in [5.41, 5.74) is 1.27. The zero-order valence-electron chi connectivity index (χ0n) is 10.3. The molecule has 1 atom stereocenters. The molecule has 1 unspecified atom stereocenters. The van der Waals surface area contributed by atoms with Crippen molar-refractivity contribution in [2.24, 2.45) is 0 Å². The summed E-state index contributed by atoms with van der Waals surface area (Å²) in [6, 6.07) is 6.04. The largest absolute Gasteiger partial charge is 0.492 e. The lowest BCUT2D eigenvalue weighted by atomic mass is 10.0. The number of aromatic nitrogens is 1. The van der Waals surface area contributed by atoms with E-state index in [1.165, 1.54) is 12.1 Å². The van der Waals surface area contributed by atoms with Crippen LogP contribution in [0.1, 0.15) is 24.2 Å². The summed E-state index contributed by atoms with van der Waals surface area (Å²) in [6.07, 6.45) is 2.32. The van der Waals surface area contributed by atoms with Crippen LogP contribution in [0.4, 0.5) is 4.39 Å². The van der Waals surface area contributed by atoms with E-state index in [9.17, 15) is 9.50 Å². The van der Waals surface area contributed by atoms with E-state index in [0.29, 0.717) is 27.1 Å². The smallest absolute Gasteiger partial charge is 0.137 e. The van der Waals surface area contributed by atoms with Crippen LogP contribution in [0, 0.1) is 9.39 Å². The van der Waals surface area contributed by atoms with Gasteiger partial charge in [0.2, 0.25) is 0 Å². The second kappa shape index (κ2) is 6.29. The Hall–Kier alpha value is -1.21. The van der Waals surface area contributed by atoms with Crippen molar-refractivity contribution in [3.8, 4) is 5.75 Å². The van der Waals surface area contributed by atoms with Crippen molar-refractivity contribution in [3.05, 3.63) is 57.2 Å². The molecule has 3 nitrogen and oxygen atoms in total. The van der Waals surface area contributed by atoms with Crippen molar-refractivity contribution in [1.29, 1.82) is 0 Å². The van der Waals surface area contributed by atoms with E-state index < -0.39 is 6.10 Å². The van der Waals surface area contributed by atoms with Gasteiger partial charge in [0.1, 0.15) is 17.7 Å². The minimum Gasteiger partial charge on any atom is -0.492 e. The molecule has 0 aliphatic carbocycles. The summed E-state index contributed by atoms with van der Waals surface area (Å²) in [7, 11) is 0. The zero-order chi connectivity index (χ0) is 13.8. The van der Waals surface area contributed by atoms with Crippen molar-refractivity contribution >= 4 is 22.6 Å². The number of benzene rings is 1. The van der Waals surface area contributed by atoms with Crippen LogP contribution in [0.15, 0.2) is 36.7 Å². The summed E-state index contributed by atoms with van der Waals surface area (Å²) in [5.74, 6) is 0.290. The van der Waals surface area contributed by atoms with Gasteiger partial charge in [0, 0.05) is 15.3 Å². The Morgan fingerprint density at radius 2 is 2.16 bits per heavy atom. The second-order valence-corrected chi connectivity index (χ2v) is 5.12. The molecule has 0 aliphatic heterocycles. The number of nitrogens with zero attached hydrogens (tertiary/aromatic N) is 1. The first-order valence-electron chi connectivity index (χ1n) is 5.82. The predicted molar refractivity (Wildman–Crippen MR) is 78.6 cm³/mol. The number of pyridine rings is 1. The van der Waals surface area contributed by atoms with E-state index >= 15 is 0 Å². The molecule has 19 heavy (non-hydrogen) atoms. The number of aliphatic hydroxyl groups excluding tert-OH is 1. The van der Waals surface area contributed by atoms with Crippen LogP contribution >= 0.6 is 22.6 Å². The second-order valence-electron chi connectivity index (χ2n) is 3.96. The van der Waals surface area contributed by atoms with Crippen molar-refractivity contribution in [3.63, 3.8) is 0 Å². The van der Waals surface area contributed by atoms with Gasteiger partial charge in [-0.3, -0.25) is 4.98 Å². The van der Waals surface area contributed by atoms with Gasteiger partial charge >= 0.3 is 0 Å². The van der Waals surface area contributed by atoms with Crippen LogP contribution in [0.25, 0.3) is 0 Å². The molecule has 0 fully saturated rings. The minimum atomic E-state index is -0.847.